The normalized spacial score (nSPS) is 20.8. The predicted octanol–water partition coefficient (Wildman–Crippen LogP) is 4.43. The Hall–Kier alpha value is -3.00. The van der Waals surface area contributed by atoms with Gasteiger partial charge in [0.25, 0.3) is 0 Å². The number of rotatable bonds is 7. The van der Waals surface area contributed by atoms with E-state index in [1.54, 1.807) is 7.11 Å². The van der Waals surface area contributed by atoms with Gasteiger partial charge in [0.2, 0.25) is 17.7 Å². The second-order valence-electron chi connectivity index (χ2n) is 9.08. The van der Waals surface area contributed by atoms with Crippen molar-refractivity contribution in [1.82, 2.24) is 9.88 Å². The number of aromatic nitrogens is 1. The van der Waals surface area contributed by atoms with Crippen LogP contribution in [0.25, 0.3) is 11.3 Å². The molecular formula is C25H29N3O4S. The maximum absolute atomic E-state index is 13.3. The van der Waals surface area contributed by atoms with Gasteiger partial charge in [-0.25, -0.2) is 4.98 Å². The number of anilines is 1. The molecule has 0 radical (unpaired) electrons. The van der Waals surface area contributed by atoms with Crippen molar-refractivity contribution in [1.29, 1.82) is 0 Å². The number of hydrogen-bond donors (Lipinski definition) is 1. The molecule has 3 unspecified atom stereocenters. The van der Waals surface area contributed by atoms with Crippen LogP contribution in [0.4, 0.5) is 5.13 Å². The summed E-state index contributed by atoms with van der Waals surface area (Å²) >= 11 is 1.30. The molecule has 1 saturated heterocycles. The van der Waals surface area contributed by atoms with Gasteiger partial charge in [0.05, 0.1) is 24.6 Å². The lowest BCUT2D eigenvalue weighted by molar-refractivity contribution is -0.147. The van der Waals surface area contributed by atoms with E-state index in [-0.39, 0.29) is 35.5 Å². The molecule has 3 amide bonds. The van der Waals surface area contributed by atoms with Crippen LogP contribution in [0.1, 0.15) is 38.7 Å². The minimum atomic E-state index is -0.851. The van der Waals surface area contributed by atoms with Crippen molar-refractivity contribution in [3.8, 4) is 17.0 Å². The van der Waals surface area contributed by atoms with Crippen LogP contribution in [-0.2, 0) is 14.4 Å². The van der Waals surface area contributed by atoms with Gasteiger partial charge in [-0.05, 0) is 44.2 Å². The Morgan fingerprint density at radius 2 is 1.88 bits per heavy atom. The molecule has 1 fully saturated rings. The first-order valence-electron chi connectivity index (χ1n) is 11.2. The summed E-state index contributed by atoms with van der Waals surface area (Å²) in [4.78, 5) is 45.3. The number of methoxy groups -OCH3 is 1. The van der Waals surface area contributed by atoms with Crippen LogP contribution in [0, 0.1) is 24.7 Å². The van der Waals surface area contributed by atoms with Crippen LogP contribution < -0.4 is 10.1 Å². The summed E-state index contributed by atoms with van der Waals surface area (Å²) in [6.45, 7) is 5.95. The molecular weight excluding hydrogens is 438 g/mol. The lowest BCUT2D eigenvalue weighted by atomic mass is 9.85. The van der Waals surface area contributed by atoms with Crippen LogP contribution in [-0.4, -0.2) is 40.8 Å². The second kappa shape index (κ2) is 9.47. The van der Waals surface area contributed by atoms with Gasteiger partial charge >= 0.3 is 0 Å². The first-order valence-corrected chi connectivity index (χ1v) is 12.1. The van der Waals surface area contributed by atoms with Gasteiger partial charge in [0.15, 0.2) is 5.13 Å². The zero-order chi connectivity index (χ0) is 23.7. The van der Waals surface area contributed by atoms with Crippen LogP contribution in [0.3, 0.4) is 0 Å². The minimum absolute atomic E-state index is 0.130. The number of fused-ring (bicyclic) bond motifs is 1. The van der Waals surface area contributed by atoms with E-state index in [4.69, 9.17) is 4.74 Å². The fraction of sp³-hybridized carbons (Fsp3) is 0.440. The quantitative estimate of drug-likeness (QED) is 0.481. The van der Waals surface area contributed by atoms with Crippen molar-refractivity contribution in [3.63, 3.8) is 0 Å². The number of benzene rings is 1. The molecule has 1 N–H and O–H groups in total. The van der Waals surface area contributed by atoms with Crippen molar-refractivity contribution in [2.75, 3.05) is 12.4 Å². The van der Waals surface area contributed by atoms with E-state index in [0.717, 1.165) is 11.1 Å². The van der Waals surface area contributed by atoms with E-state index in [0.29, 0.717) is 35.8 Å². The third kappa shape index (κ3) is 4.57. The number of nitrogens with one attached hydrogen (secondary N) is 1. The average Bonchev–Trinajstić information content (AvgIpc) is 3.35. The first-order chi connectivity index (χ1) is 15.8. The number of imide groups is 1. The zero-order valence-corrected chi connectivity index (χ0v) is 20.1. The highest BCUT2D eigenvalue weighted by Gasteiger charge is 2.51. The summed E-state index contributed by atoms with van der Waals surface area (Å²) in [7, 11) is 1.61. The number of thiazole rings is 1. The second-order valence-corrected chi connectivity index (χ2v) is 9.94. The summed E-state index contributed by atoms with van der Waals surface area (Å²) in [5.74, 6) is -0.736. The Labute approximate surface area is 197 Å². The fourth-order valence-electron chi connectivity index (χ4n) is 4.57. The first kappa shape index (κ1) is 23.2. The van der Waals surface area contributed by atoms with E-state index >= 15 is 0 Å². The number of ether oxygens (including phenoxy) is 1. The molecule has 2 aliphatic rings. The summed E-state index contributed by atoms with van der Waals surface area (Å²) in [5, 5.41) is 5.13. The predicted molar refractivity (Wildman–Crippen MR) is 128 cm³/mol. The Balaban J connectivity index is 1.56. The summed E-state index contributed by atoms with van der Waals surface area (Å²) in [6.07, 6.45) is 5.40. The molecule has 2 heterocycles. The highest BCUT2D eigenvalue weighted by Crippen LogP contribution is 2.38. The largest absolute Gasteiger partial charge is 0.496 e. The van der Waals surface area contributed by atoms with E-state index in [2.05, 4.69) is 10.3 Å². The Morgan fingerprint density at radius 3 is 2.48 bits per heavy atom. The average molecular weight is 468 g/mol. The molecule has 4 rings (SSSR count). The van der Waals surface area contributed by atoms with Crippen molar-refractivity contribution >= 4 is 34.2 Å². The highest BCUT2D eigenvalue weighted by molar-refractivity contribution is 7.14. The van der Waals surface area contributed by atoms with E-state index in [1.807, 2.05) is 56.5 Å². The van der Waals surface area contributed by atoms with Crippen molar-refractivity contribution in [2.24, 2.45) is 17.8 Å². The summed E-state index contributed by atoms with van der Waals surface area (Å²) in [6, 6.07) is 4.99. The zero-order valence-electron chi connectivity index (χ0n) is 19.3. The molecule has 33 heavy (non-hydrogen) atoms. The summed E-state index contributed by atoms with van der Waals surface area (Å²) < 4.78 is 5.46. The number of amides is 3. The van der Waals surface area contributed by atoms with Gasteiger partial charge in [-0.1, -0.05) is 37.6 Å². The van der Waals surface area contributed by atoms with Crippen LogP contribution >= 0.6 is 11.3 Å². The van der Waals surface area contributed by atoms with Gasteiger partial charge in [-0.3, -0.25) is 19.3 Å². The Kier molecular flexibility index (Phi) is 6.65. The molecule has 2 aromatic rings. The van der Waals surface area contributed by atoms with Crippen LogP contribution in [0.5, 0.6) is 5.75 Å². The number of nitrogens with zero attached hydrogens (tertiary/aromatic N) is 2. The van der Waals surface area contributed by atoms with Crippen LogP contribution in [0.15, 0.2) is 35.7 Å². The molecule has 1 aliphatic heterocycles. The van der Waals surface area contributed by atoms with E-state index in [1.165, 1.54) is 16.2 Å². The van der Waals surface area contributed by atoms with Gasteiger partial charge in [-0.2, -0.15) is 0 Å². The molecule has 8 heteroatoms. The number of carbonyl (C=O) groups excluding carboxylic acids is 3. The molecule has 7 nitrogen and oxygen atoms in total. The maximum atomic E-state index is 13.3. The van der Waals surface area contributed by atoms with Crippen molar-refractivity contribution < 1.29 is 19.1 Å². The van der Waals surface area contributed by atoms with Gasteiger partial charge in [0, 0.05) is 10.9 Å². The number of allylic oxidation sites excluding steroid dienone is 2. The standard InChI is InChI=1S/C25H29N3O4S/c1-14(2)11-20(28-23(30)16-7-5-6-8-17(16)24(28)31)22(29)27-25-26-19(13-33-25)18-12-15(3)9-10-21(18)32-4/h5-6,9-10,12-14,16-17,20H,7-8,11H2,1-4H3,(H,26,27,29). The SMILES string of the molecule is COc1ccc(C)cc1-c1csc(NC(=O)C(CC(C)C)N2C(=O)C3CC=CCC3C2=O)n1. The molecule has 0 spiro atoms. The van der Waals surface area contributed by atoms with Gasteiger partial charge in [-0.15, -0.1) is 11.3 Å². The lowest BCUT2D eigenvalue weighted by Crippen LogP contribution is -2.48. The van der Waals surface area contributed by atoms with Crippen molar-refractivity contribution in [3.05, 3.63) is 41.3 Å². The maximum Gasteiger partial charge on any atom is 0.249 e. The van der Waals surface area contributed by atoms with Crippen LogP contribution in [0.2, 0.25) is 0 Å². The monoisotopic (exact) mass is 467 g/mol. The Morgan fingerprint density at radius 1 is 1.21 bits per heavy atom. The van der Waals surface area contributed by atoms with Crippen molar-refractivity contribution in [2.45, 2.75) is 46.1 Å². The van der Waals surface area contributed by atoms with Gasteiger partial charge in [0.1, 0.15) is 11.8 Å². The van der Waals surface area contributed by atoms with E-state index in [9.17, 15) is 14.4 Å². The molecule has 1 aliphatic carbocycles. The summed E-state index contributed by atoms with van der Waals surface area (Å²) in [5.41, 5.74) is 2.61. The highest BCUT2D eigenvalue weighted by atomic mass is 32.1. The molecule has 0 bridgehead atoms. The molecule has 1 aromatic carbocycles. The number of aryl methyl sites for hydroxylation is 1. The lowest BCUT2D eigenvalue weighted by Gasteiger charge is -2.27. The Bertz CT molecular complexity index is 1080. The number of likely N-dealkylation sites (tertiary alicyclic amines) is 1. The van der Waals surface area contributed by atoms with E-state index < -0.39 is 6.04 Å². The molecule has 3 atom stereocenters. The third-order valence-corrected chi connectivity index (χ3v) is 6.97. The smallest absolute Gasteiger partial charge is 0.249 e. The molecule has 174 valence electrons. The molecule has 1 aromatic heterocycles. The minimum Gasteiger partial charge on any atom is -0.496 e. The fourth-order valence-corrected chi connectivity index (χ4v) is 5.29. The topological polar surface area (TPSA) is 88.6 Å². The number of hydrogen-bond acceptors (Lipinski definition) is 6. The van der Waals surface area contributed by atoms with Gasteiger partial charge < -0.3 is 10.1 Å². The molecule has 0 saturated carbocycles. The number of carbonyl (C=O) groups is 3. The third-order valence-electron chi connectivity index (χ3n) is 6.22.